The van der Waals surface area contributed by atoms with E-state index in [1.807, 2.05) is 0 Å². The Labute approximate surface area is 129 Å². The number of halogens is 2. The second kappa shape index (κ2) is 6.76. The van der Waals surface area contributed by atoms with Gasteiger partial charge in [0.05, 0.1) is 17.3 Å². The number of amides is 1. The van der Waals surface area contributed by atoms with Gasteiger partial charge < -0.3 is 11.1 Å². The van der Waals surface area contributed by atoms with Gasteiger partial charge >= 0.3 is 0 Å². The van der Waals surface area contributed by atoms with Gasteiger partial charge in [0, 0.05) is 23.7 Å². The minimum Gasteiger partial charge on any atom is -0.328 e. The van der Waals surface area contributed by atoms with Crippen LogP contribution in [-0.4, -0.2) is 36.0 Å². The van der Waals surface area contributed by atoms with Crippen molar-refractivity contribution in [3.63, 3.8) is 0 Å². The monoisotopic (exact) mass is 315 g/mol. The molecule has 4 nitrogen and oxygen atoms in total. The average Bonchev–Trinajstić information content (AvgIpc) is 2.37. The molecule has 0 aromatic heterocycles. The lowest BCUT2D eigenvalue weighted by atomic mass is 9.99. The Morgan fingerprint density at radius 2 is 2.25 bits per heavy atom. The third kappa shape index (κ3) is 4.09. The number of benzene rings is 1. The number of hydrogen-bond acceptors (Lipinski definition) is 3. The summed E-state index contributed by atoms with van der Waals surface area (Å²) in [6.07, 6.45) is 1.85. The number of nitrogens with one attached hydrogen (secondary N) is 1. The average molecular weight is 316 g/mol. The van der Waals surface area contributed by atoms with E-state index in [9.17, 15) is 4.79 Å². The van der Waals surface area contributed by atoms with Crippen LogP contribution in [0.5, 0.6) is 0 Å². The summed E-state index contributed by atoms with van der Waals surface area (Å²) in [6, 6.07) is 5.57. The molecule has 20 heavy (non-hydrogen) atoms. The first-order valence-electron chi connectivity index (χ1n) is 6.70. The first-order valence-corrected chi connectivity index (χ1v) is 7.46. The van der Waals surface area contributed by atoms with Crippen molar-refractivity contribution in [2.45, 2.75) is 31.8 Å². The van der Waals surface area contributed by atoms with Gasteiger partial charge in [0.15, 0.2) is 0 Å². The highest BCUT2D eigenvalue weighted by molar-refractivity contribution is 6.35. The van der Waals surface area contributed by atoms with E-state index in [0.29, 0.717) is 28.3 Å². The molecule has 2 rings (SSSR count). The van der Waals surface area contributed by atoms with Crippen LogP contribution in [0, 0.1) is 0 Å². The largest absolute Gasteiger partial charge is 0.328 e. The number of hydrogen-bond donors (Lipinski definition) is 2. The van der Waals surface area contributed by atoms with Crippen LogP contribution >= 0.6 is 23.2 Å². The zero-order valence-electron chi connectivity index (χ0n) is 11.4. The zero-order valence-corrected chi connectivity index (χ0v) is 12.9. The van der Waals surface area contributed by atoms with Gasteiger partial charge in [-0.1, -0.05) is 23.2 Å². The number of nitrogens with two attached hydrogens (primary N) is 1. The van der Waals surface area contributed by atoms with Crippen molar-refractivity contribution in [2.24, 2.45) is 5.73 Å². The van der Waals surface area contributed by atoms with E-state index >= 15 is 0 Å². The van der Waals surface area contributed by atoms with Crippen molar-refractivity contribution in [2.75, 3.05) is 18.4 Å². The Bertz CT molecular complexity index is 495. The summed E-state index contributed by atoms with van der Waals surface area (Å²) in [5.74, 6) is -0.0866. The number of likely N-dealkylation sites (tertiary alicyclic amines) is 1. The van der Waals surface area contributed by atoms with Crippen molar-refractivity contribution < 1.29 is 4.79 Å². The maximum atomic E-state index is 12.1. The predicted octanol–water partition coefficient (Wildman–Crippen LogP) is 2.74. The molecule has 0 bridgehead atoms. The van der Waals surface area contributed by atoms with E-state index in [0.717, 1.165) is 19.4 Å². The van der Waals surface area contributed by atoms with E-state index < -0.39 is 0 Å². The molecule has 1 aromatic carbocycles. The van der Waals surface area contributed by atoms with Gasteiger partial charge in [-0.05, 0) is 38.0 Å². The van der Waals surface area contributed by atoms with Crippen LogP contribution in [0.2, 0.25) is 10.0 Å². The van der Waals surface area contributed by atoms with Gasteiger partial charge in [-0.2, -0.15) is 0 Å². The predicted molar refractivity (Wildman–Crippen MR) is 83.3 cm³/mol. The normalized spacial score (nSPS) is 23.6. The molecule has 1 heterocycles. The highest BCUT2D eigenvalue weighted by atomic mass is 35.5. The fraction of sp³-hybridized carbons (Fsp3) is 0.500. The second-order valence-corrected chi connectivity index (χ2v) is 6.12. The van der Waals surface area contributed by atoms with E-state index in [2.05, 4.69) is 17.1 Å². The molecule has 1 aliphatic rings. The van der Waals surface area contributed by atoms with Crippen LogP contribution in [0.15, 0.2) is 18.2 Å². The molecule has 1 aliphatic heterocycles. The molecule has 0 spiro atoms. The van der Waals surface area contributed by atoms with Crippen molar-refractivity contribution in [1.29, 1.82) is 0 Å². The van der Waals surface area contributed by atoms with E-state index in [4.69, 9.17) is 28.9 Å². The topological polar surface area (TPSA) is 58.4 Å². The molecular formula is C14H19Cl2N3O. The summed E-state index contributed by atoms with van der Waals surface area (Å²) >= 11 is 11.9. The van der Waals surface area contributed by atoms with Crippen molar-refractivity contribution in [3.05, 3.63) is 28.2 Å². The number of piperidine rings is 1. The molecule has 2 unspecified atom stereocenters. The highest BCUT2D eigenvalue weighted by Gasteiger charge is 2.24. The quantitative estimate of drug-likeness (QED) is 0.901. The molecule has 1 fully saturated rings. The first kappa shape index (κ1) is 15.6. The molecule has 2 atom stereocenters. The SMILES string of the molecule is CC1CC(N)CCN1CC(=O)Nc1cc(Cl)ccc1Cl. The molecular weight excluding hydrogens is 297 g/mol. The van der Waals surface area contributed by atoms with E-state index in [1.54, 1.807) is 18.2 Å². The third-order valence-electron chi connectivity index (χ3n) is 3.60. The summed E-state index contributed by atoms with van der Waals surface area (Å²) < 4.78 is 0. The van der Waals surface area contributed by atoms with E-state index in [-0.39, 0.29) is 11.9 Å². The minimum atomic E-state index is -0.0866. The lowest BCUT2D eigenvalue weighted by molar-refractivity contribution is -0.118. The lowest BCUT2D eigenvalue weighted by Crippen LogP contribution is -2.48. The van der Waals surface area contributed by atoms with Crippen molar-refractivity contribution >= 4 is 34.8 Å². The summed E-state index contributed by atoms with van der Waals surface area (Å²) in [5, 5.41) is 3.83. The molecule has 1 aromatic rings. The summed E-state index contributed by atoms with van der Waals surface area (Å²) in [7, 11) is 0. The molecule has 0 aliphatic carbocycles. The molecule has 3 N–H and O–H groups in total. The van der Waals surface area contributed by atoms with Crippen LogP contribution in [0.3, 0.4) is 0 Å². The maximum absolute atomic E-state index is 12.1. The molecule has 1 saturated heterocycles. The Kier molecular flexibility index (Phi) is 5.27. The number of nitrogens with zero attached hydrogens (tertiary/aromatic N) is 1. The minimum absolute atomic E-state index is 0.0866. The van der Waals surface area contributed by atoms with Gasteiger partial charge in [0.2, 0.25) is 5.91 Å². The Morgan fingerprint density at radius 1 is 1.50 bits per heavy atom. The van der Waals surface area contributed by atoms with Gasteiger partial charge in [-0.15, -0.1) is 0 Å². The molecule has 0 radical (unpaired) electrons. The fourth-order valence-electron chi connectivity index (χ4n) is 2.46. The fourth-order valence-corrected chi connectivity index (χ4v) is 2.80. The lowest BCUT2D eigenvalue weighted by Gasteiger charge is -2.35. The van der Waals surface area contributed by atoms with Crippen LogP contribution in [0.25, 0.3) is 0 Å². The van der Waals surface area contributed by atoms with Crippen molar-refractivity contribution in [1.82, 2.24) is 4.90 Å². The smallest absolute Gasteiger partial charge is 0.238 e. The molecule has 0 saturated carbocycles. The van der Waals surface area contributed by atoms with Gasteiger partial charge in [0.1, 0.15) is 0 Å². The summed E-state index contributed by atoms with van der Waals surface area (Å²) in [6.45, 7) is 3.29. The van der Waals surface area contributed by atoms with Crippen LogP contribution in [0.4, 0.5) is 5.69 Å². The molecule has 110 valence electrons. The maximum Gasteiger partial charge on any atom is 0.238 e. The van der Waals surface area contributed by atoms with Gasteiger partial charge in [-0.25, -0.2) is 0 Å². The number of carbonyl (C=O) groups is 1. The third-order valence-corrected chi connectivity index (χ3v) is 4.17. The van der Waals surface area contributed by atoms with Crippen LogP contribution in [-0.2, 0) is 4.79 Å². The summed E-state index contributed by atoms with van der Waals surface area (Å²) in [5.41, 5.74) is 6.47. The molecule has 1 amide bonds. The standard InChI is InChI=1S/C14H19Cl2N3O/c1-9-6-11(17)4-5-19(9)8-14(20)18-13-7-10(15)2-3-12(13)16/h2-3,7,9,11H,4-6,8,17H2,1H3,(H,18,20). The Hall–Kier alpha value is -0.810. The number of anilines is 1. The number of carbonyl (C=O) groups excluding carboxylic acids is 1. The van der Waals surface area contributed by atoms with Crippen LogP contribution in [0.1, 0.15) is 19.8 Å². The van der Waals surface area contributed by atoms with Crippen molar-refractivity contribution in [3.8, 4) is 0 Å². The number of rotatable bonds is 3. The highest BCUT2D eigenvalue weighted by Crippen LogP contribution is 2.25. The van der Waals surface area contributed by atoms with Gasteiger partial charge in [-0.3, -0.25) is 9.69 Å². The Morgan fingerprint density at radius 3 is 2.95 bits per heavy atom. The Balaban J connectivity index is 1.94. The first-order chi connectivity index (χ1) is 9.45. The second-order valence-electron chi connectivity index (χ2n) is 5.28. The van der Waals surface area contributed by atoms with E-state index in [1.165, 1.54) is 0 Å². The zero-order chi connectivity index (χ0) is 14.7. The summed E-state index contributed by atoms with van der Waals surface area (Å²) in [4.78, 5) is 14.2. The molecule has 6 heteroatoms. The van der Waals surface area contributed by atoms with Gasteiger partial charge in [0.25, 0.3) is 0 Å². The van der Waals surface area contributed by atoms with Crippen LogP contribution < -0.4 is 11.1 Å².